The van der Waals surface area contributed by atoms with Crippen LogP contribution in [0.4, 0.5) is 0 Å². The first-order chi connectivity index (χ1) is 6.65. The van der Waals surface area contributed by atoms with E-state index in [2.05, 4.69) is 4.98 Å². The molecule has 0 aliphatic heterocycles. The van der Waals surface area contributed by atoms with E-state index in [9.17, 15) is 4.79 Å². The molecule has 0 saturated heterocycles. The number of carbonyl (C=O) groups is 1. The van der Waals surface area contributed by atoms with Gasteiger partial charge in [-0.15, -0.1) is 0 Å². The van der Waals surface area contributed by atoms with Crippen molar-refractivity contribution >= 4 is 5.78 Å². The van der Waals surface area contributed by atoms with Crippen LogP contribution in [0.1, 0.15) is 28.7 Å². The zero-order chi connectivity index (χ0) is 10.6. The van der Waals surface area contributed by atoms with Crippen molar-refractivity contribution in [3.63, 3.8) is 0 Å². The first kappa shape index (κ1) is 10.9. The smallest absolute Gasteiger partial charge is 0.190 e. The monoisotopic (exact) mass is 193 g/mol. The van der Waals surface area contributed by atoms with Gasteiger partial charge in [-0.2, -0.15) is 0 Å². The molecule has 0 radical (unpaired) electrons. The molecule has 0 spiro atoms. The summed E-state index contributed by atoms with van der Waals surface area (Å²) in [5, 5.41) is 0. The Kier molecular flexibility index (Phi) is 3.77. The van der Waals surface area contributed by atoms with E-state index in [0.717, 1.165) is 11.4 Å². The van der Waals surface area contributed by atoms with Gasteiger partial charge in [0.25, 0.3) is 0 Å². The van der Waals surface area contributed by atoms with Crippen LogP contribution in [-0.2, 0) is 4.74 Å². The van der Waals surface area contributed by atoms with Gasteiger partial charge >= 0.3 is 0 Å². The summed E-state index contributed by atoms with van der Waals surface area (Å²) in [6, 6.07) is 3.64. The summed E-state index contributed by atoms with van der Waals surface area (Å²) in [5.41, 5.74) is 2.36. The second-order valence-electron chi connectivity index (χ2n) is 3.15. The third-order valence-electron chi connectivity index (χ3n) is 1.96. The van der Waals surface area contributed by atoms with Crippen molar-refractivity contribution in [3.8, 4) is 0 Å². The van der Waals surface area contributed by atoms with Crippen molar-refractivity contribution in [1.29, 1.82) is 0 Å². The van der Waals surface area contributed by atoms with Crippen molar-refractivity contribution in [2.24, 2.45) is 0 Å². The summed E-state index contributed by atoms with van der Waals surface area (Å²) < 4.78 is 5.06. The maximum Gasteiger partial charge on any atom is 0.190 e. The highest BCUT2D eigenvalue weighted by molar-refractivity contribution is 5.97. The highest BCUT2D eigenvalue weighted by Crippen LogP contribution is 2.07. The molecule has 76 valence electrons. The molecule has 14 heavy (non-hydrogen) atoms. The molecule has 0 aliphatic rings. The van der Waals surface area contributed by atoms with Gasteiger partial charge in [0.15, 0.2) is 5.78 Å². The minimum absolute atomic E-state index is 0.00292. The summed E-state index contributed by atoms with van der Waals surface area (Å²) in [7, 11) is 0. The quantitative estimate of drug-likeness (QED) is 0.686. The zero-order valence-electron chi connectivity index (χ0n) is 8.83. The predicted octanol–water partition coefficient (Wildman–Crippen LogP) is 1.92. The molecule has 0 atom stereocenters. The molecule has 1 aromatic rings. The topological polar surface area (TPSA) is 39.2 Å². The lowest BCUT2D eigenvalue weighted by Gasteiger charge is -2.04. The number of carbonyl (C=O) groups excluding carboxylic acids is 1. The lowest BCUT2D eigenvalue weighted by molar-refractivity contribution is 0.0782. The summed E-state index contributed by atoms with van der Waals surface area (Å²) in [6.07, 6.45) is 0. The van der Waals surface area contributed by atoms with E-state index in [-0.39, 0.29) is 12.4 Å². The average molecular weight is 193 g/mol. The van der Waals surface area contributed by atoms with Gasteiger partial charge in [-0.05, 0) is 32.9 Å². The fourth-order valence-corrected chi connectivity index (χ4v) is 1.25. The Balaban J connectivity index is 2.80. The molecule has 3 nitrogen and oxygen atoms in total. The molecule has 0 aliphatic carbocycles. The van der Waals surface area contributed by atoms with Crippen LogP contribution in [0.15, 0.2) is 12.1 Å². The molecule has 0 unspecified atom stereocenters. The Labute approximate surface area is 84.1 Å². The molecule has 0 amide bonds. The van der Waals surface area contributed by atoms with Gasteiger partial charge in [-0.25, -0.2) is 0 Å². The summed E-state index contributed by atoms with van der Waals surface area (Å²) in [4.78, 5) is 15.8. The molecule has 0 fully saturated rings. The van der Waals surface area contributed by atoms with Crippen LogP contribution in [0.3, 0.4) is 0 Å². The summed E-state index contributed by atoms with van der Waals surface area (Å²) in [5.74, 6) is -0.00292. The molecule has 1 aromatic heterocycles. The highest BCUT2D eigenvalue weighted by atomic mass is 16.5. The van der Waals surface area contributed by atoms with Gasteiger partial charge < -0.3 is 4.74 Å². The van der Waals surface area contributed by atoms with E-state index < -0.39 is 0 Å². The number of hydrogen-bond donors (Lipinski definition) is 0. The predicted molar refractivity (Wildman–Crippen MR) is 54.5 cm³/mol. The Morgan fingerprint density at radius 1 is 1.43 bits per heavy atom. The van der Waals surface area contributed by atoms with E-state index in [4.69, 9.17) is 4.74 Å². The van der Waals surface area contributed by atoms with Crippen LogP contribution >= 0.6 is 0 Å². The standard InChI is InChI=1S/C11H15NO2/c1-4-14-7-11(13)10-6-5-8(2)12-9(10)3/h5-6H,4,7H2,1-3H3. The molecule has 0 N–H and O–H groups in total. The van der Waals surface area contributed by atoms with Crippen molar-refractivity contribution in [2.45, 2.75) is 20.8 Å². The molecule has 1 heterocycles. The second kappa shape index (κ2) is 4.86. The lowest BCUT2D eigenvalue weighted by Crippen LogP contribution is -2.11. The number of pyridine rings is 1. The summed E-state index contributed by atoms with van der Waals surface area (Å²) in [6.45, 7) is 6.32. The van der Waals surface area contributed by atoms with Crippen LogP contribution in [0, 0.1) is 13.8 Å². The number of Topliss-reactive ketones (excluding diaryl/α,β-unsaturated/α-hetero) is 1. The van der Waals surface area contributed by atoms with Crippen molar-refractivity contribution in [2.75, 3.05) is 13.2 Å². The van der Waals surface area contributed by atoms with Crippen molar-refractivity contribution in [1.82, 2.24) is 4.98 Å². The number of ketones is 1. The van der Waals surface area contributed by atoms with Crippen LogP contribution < -0.4 is 0 Å². The molecule has 0 aromatic carbocycles. The normalized spacial score (nSPS) is 10.2. The van der Waals surface area contributed by atoms with Gasteiger partial charge in [-0.3, -0.25) is 9.78 Å². The van der Waals surface area contributed by atoms with E-state index >= 15 is 0 Å². The van der Waals surface area contributed by atoms with Crippen LogP contribution in [0.2, 0.25) is 0 Å². The highest BCUT2D eigenvalue weighted by Gasteiger charge is 2.09. The first-order valence-corrected chi connectivity index (χ1v) is 4.70. The molecule has 3 heteroatoms. The number of aromatic nitrogens is 1. The maximum atomic E-state index is 11.6. The average Bonchev–Trinajstić information content (AvgIpc) is 2.14. The van der Waals surface area contributed by atoms with E-state index in [1.54, 1.807) is 6.07 Å². The molecular weight excluding hydrogens is 178 g/mol. The lowest BCUT2D eigenvalue weighted by atomic mass is 10.1. The molecule has 0 saturated carbocycles. The van der Waals surface area contributed by atoms with E-state index in [1.807, 2.05) is 26.8 Å². The number of rotatable bonds is 4. The minimum Gasteiger partial charge on any atom is -0.374 e. The molecule has 1 rings (SSSR count). The number of aryl methyl sites for hydroxylation is 2. The number of ether oxygens (including phenoxy) is 1. The zero-order valence-corrected chi connectivity index (χ0v) is 8.83. The first-order valence-electron chi connectivity index (χ1n) is 4.70. The largest absolute Gasteiger partial charge is 0.374 e. The van der Waals surface area contributed by atoms with Gasteiger partial charge in [0.1, 0.15) is 6.61 Å². The molecular formula is C11H15NO2. The Bertz CT molecular complexity index is 334. The van der Waals surface area contributed by atoms with Gasteiger partial charge in [0.2, 0.25) is 0 Å². The summed E-state index contributed by atoms with van der Waals surface area (Å²) >= 11 is 0. The number of hydrogen-bond acceptors (Lipinski definition) is 3. The van der Waals surface area contributed by atoms with Crippen LogP contribution in [0.5, 0.6) is 0 Å². The Morgan fingerprint density at radius 2 is 2.14 bits per heavy atom. The maximum absolute atomic E-state index is 11.6. The van der Waals surface area contributed by atoms with Crippen molar-refractivity contribution < 1.29 is 9.53 Å². The van der Waals surface area contributed by atoms with Crippen LogP contribution in [-0.4, -0.2) is 24.0 Å². The minimum atomic E-state index is -0.00292. The van der Waals surface area contributed by atoms with E-state index in [1.165, 1.54) is 0 Å². The van der Waals surface area contributed by atoms with E-state index in [0.29, 0.717) is 12.2 Å². The fraction of sp³-hybridized carbons (Fsp3) is 0.455. The Morgan fingerprint density at radius 3 is 2.71 bits per heavy atom. The van der Waals surface area contributed by atoms with Gasteiger partial charge in [0, 0.05) is 23.6 Å². The number of nitrogens with zero attached hydrogens (tertiary/aromatic N) is 1. The fourth-order valence-electron chi connectivity index (χ4n) is 1.25. The van der Waals surface area contributed by atoms with Crippen LogP contribution in [0.25, 0.3) is 0 Å². The second-order valence-corrected chi connectivity index (χ2v) is 3.15. The SMILES string of the molecule is CCOCC(=O)c1ccc(C)nc1C. The third-order valence-corrected chi connectivity index (χ3v) is 1.96. The van der Waals surface area contributed by atoms with Gasteiger partial charge in [0.05, 0.1) is 0 Å². The van der Waals surface area contributed by atoms with Gasteiger partial charge in [-0.1, -0.05) is 0 Å². The van der Waals surface area contributed by atoms with Crippen molar-refractivity contribution in [3.05, 3.63) is 29.1 Å². The third kappa shape index (κ3) is 2.64. The molecule has 0 bridgehead atoms. The Hall–Kier alpha value is -1.22.